The number of rotatable bonds is 3. The van der Waals surface area contributed by atoms with Crippen LogP contribution in [-0.4, -0.2) is 26.1 Å². The highest BCUT2D eigenvalue weighted by Gasteiger charge is 2.08. The van der Waals surface area contributed by atoms with E-state index >= 15 is 0 Å². The molecule has 1 aromatic heterocycles. The molecule has 6 nitrogen and oxygen atoms in total. The van der Waals surface area contributed by atoms with Crippen LogP contribution in [0.5, 0.6) is 0 Å². The molecule has 110 valence electrons. The Bertz CT molecular complexity index is 830. The van der Waals surface area contributed by atoms with Gasteiger partial charge in [0.05, 0.1) is 5.69 Å². The summed E-state index contributed by atoms with van der Waals surface area (Å²) < 4.78 is 2.47. The summed E-state index contributed by atoms with van der Waals surface area (Å²) >= 11 is 3.36. The summed E-state index contributed by atoms with van der Waals surface area (Å²) in [6.07, 6.45) is 0. The largest absolute Gasteiger partial charge is 0.322 e. The van der Waals surface area contributed by atoms with Gasteiger partial charge in [0.1, 0.15) is 0 Å². The Morgan fingerprint density at radius 3 is 2.73 bits per heavy atom. The number of amides is 1. The highest BCUT2D eigenvalue weighted by atomic mass is 79.9. The molecule has 3 rings (SSSR count). The Morgan fingerprint density at radius 2 is 2.00 bits per heavy atom. The molecule has 0 aliphatic rings. The zero-order valence-corrected chi connectivity index (χ0v) is 13.3. The molecule has 7 heteroatoms. The lowest BCUT2D eigenvalue weighted by Crippen LogP contribution is -2.12. The van der Waals surface area contributed by atoms with Crippen LogP contribution in [0.25, 0.3) is 5.69 Å². The number of nitrogens with one attached hydrogen (secondary N) is 1. The maximum absolute atomic E-state index is 12.3. The van der Waals surface area contributed by atoms with Gasteiger partial charge < -0.3 is 5.32 Å². The van der Waals surface area contributed by atoms with E-state index in [0.717, 1.165) is 10.2 Å². The van der Waals surface area contributed by atoms with Crippen molar-refractivity contribution in [1.29, 1.82) is 0 Å². The van der Waals surface area contributed by atoms with Gasteiger partial charge in [0, 0.05) is 15.7 Å². The predicted octanol–water partition coefficient (Wildman–Crippen LogP) is 2.99. The monoisotopic (exact) mass is 357 g/mol. The van der Waals surface area contributed by atoms with Crippen LogP contribution in [0.15, 0.2) is 53.0 Å². The van der Waals surface area contributed by atoms with Gasteiger partial charge >= 0.3 is 0 Å². The molecule has 0 saturated carbocycles. The van der Waals surface area contributed by atoms with E-state index in [-0.39, 0.29) is 5.91 Å². The molecule has 1 amide bonds. The van der Waals surface area contributed by atoms with E-state index in [9.17, 15) is 4.79 Å². The Labute approximate surface area is 135 Å². The second-order valence-electron chi connectivity index (χ2n) is 4.65. The number of carbonyl (C=O) groups is 1. The van der Waals surface area contributed by atoms with Crippen molar-refractivity contribution in [3.05, 3.63) is 64.4 Å². The molecular formula is C15H12BrN5O. The van der Waals surface area contributed by atoms with Crippen LogP contribution in [0, 0.1) is 6.92 Å². The fraction of sp³-hybridized carbons (Fsp3) is 0.0667. The number of anilines is 1. The van der Waals surface area contributed by atoms with E-state index in [1.54, 1.807) is 16.8 Å². The smallest absolute Gasteiger partial charge is 0.255 e. The first-order valence-corrected chi connectivity index (χ1v) is 7.35. The van der Waals surface area contributed by atoms with Crippen LogP contribution in [-0.2, 0) is 0 Å². The molecule has 0 bridgehead atoms. The summed E-state index contributed by atoms with van der Waals surface area (Å²) in [7, 11) is 0. The minimum Gasteiger partial charge on any atom is -0.322 e. The minimum absolute atomic E-state index is 0.174. The van der Waals surface area contributed by atoms with Crippen LogP contribution in [0.4, 0.5) is 5.69 Å². The zero-order valence-electron chi connectivity index (χ0n) is 11.7. The van der Waals surface area contributed by atoms with Gasteiger partial charge in [0.2, 0.25) is 0 Å². The molecule has 1 heterocycles. The molecule has 0 aliphatic carbocycles. The van der Waals surface area contributed by atoms with Crippen molar-refractivity contribution >= 4 is 27.5 Å². The van der Waals surface area contributed by atoms with Crippen molar-refractivity contribution in [2.75, 3.05) is 5.32 Å². The number of hydrogen-bond donors (Lipinski definition) is 1. The predicted molar refractivity (Wildman–Crippen MR) is 86.0 cm³/mol. The number of nitrogens with zero attached hydrogens (tertiary/aromatic N) is 4. The molecule has 0 radical (unpaired) electrons. The van der Waals surface area contributed by atoms with E-state index in [1.807, 2.05) is 43.3 Å². The number of benzene rings is 2. The number of hydrogen-bond acceptors (Lipinski definition) is 4. The number of halogens is 1. The first kappa shape index (κ1) is 14.4. The van der Waals surface area contributed by atoms with Crippen LogP contribution < -0.4 is 5.32 Å². The fourth-order valence-corrected chi connectivity index (χ4v) is 2.42. The van der Waals surface area contributed by atoms with Gasteiger partial charge in [-0.3, -0.25) is 4.79 Å². The SMILES string of the molecule is Cc1nnnn1-c1cccc(NC(=O)c2cccc(Br)c2)c1. The van der Waals surface area contributed by atoms with Crippen LogP contribution >= 0.6 is 15.9 Å². The summed E-state index contributed by atoms with van der Waals surface area (Å²) in [5.74, 6) is 0.502. The third-order valence-electron chi connectivity index (χ3n) is 3.06. The van der Waals surface area contributed by atoms with Crippen molar-refractivity contribution < 1.29 is 4.79 Å². The topological polar surface area (TPSA) is 72.7 Å². The number of aryl methyl sites for hydroxylation is 1. The van der Waals surface area contributed by atoms with Gasteiger partial charge in [-0.05, 0) is 53.7 Å². The van der Waals surface area contributed by atoms with E-state index in [0.29, 0.717) is 17.1 Å². The van der Waals surface area contributed by atoms with E-state index in [2.05, 4.69) is 36.8 Å². The quantitative estimate of drug-likeness (QED) is 0.781. The number of aromatic nitrogens is 4. The third kappa shape index (κ3) is 3.04. The third-order valence-corrected chi connectivity index (χ3v) is 3.55. The van der Waals surface area contributed by atoms with E-state index in [1.165, 1.54) is 0 Å². The van der Waals surface area contributed by atoms with Crippen molar-refractivity contribution in [3.63, 3.8) is 0 Å². The molecule has 3 aromatic rings. The lowest BCUT2D eigenvalue weighted by atomic mass is 10.2. The van der Waals surface area contributed by atoms with E-state index < -0.39 is 0 Å². The standard InChI is InChI=1S/C15H12BrN5O/c1-10-18-19-20-21(10)14-7-3-6-13(9-14)17-15(22)11-4-2-5-12(16)8-11/h2-9H,1H3,(H,17,22). The van der Waals surface area contributed by atoms with Crippen LogP contribution in [0.1, 0.15) is 16.2 Å². The maximum Gasteiger partial charge on any atom is 0.255 e. The van der Waals surface area contributed by atoms with Gasteiger partial charge in [0.15, 0.2) is 5.82 Å². The summed E-state index contributed by atoms with van der Waals surface area (Å²) in [5, 5.41) is 14.2. The molecule has 0 unspecified atom stereocenters. The summed E-state index contributed by atoms with van der Waals surface area (Å²) in [5.41, 5.74) is 2.05. The Morgan fingerprint density at radius 1 is 1.18 bits per heavy atom. The van der Waals surface area contributed by atoms with Crippen LogP contribution in [0.2, 0.25) is 0 Å². The molecule has 0 saturated heterocycles. The van der Waals surface area contributed by atoms with Crippen LogP contribution in [0.3, 0.4) is 0 Å². The minimum atomic E-state index is -0.174. The second kappa shape index (κ2) is 6.07. The number of carbonyl (C=O) groups excluding carboxylic acids is 1. The van der Waals surface area contributed by atoms with Gasteiger partial charge in [-0.25, -0.2) is 0 Å². The molecule has 0 fully saturated rings. The Kier molecular flexibility index (Phi) is 3.97. The molecule has 0 spiro atoms. The Hall–Kier alpha value is -2.54. The molecule has 1 N–H and O–H groups in total. The Balaban J connectivity index is 1.84. The first-order chi connectivity index (χ1) is 10.6. The van der Waals surface area contributed by atoms with Gasteiger partial charge in [-0.15, -0.1) is 5.10 Å². The van der Waals surface area contributed by atoms with Crippen molar-refractivity contribution in [2.45, 2.75) is 6.92 Å². The zero-order chi connectivity index (χ0) is 15.5. The van der Waals surface area contributed by atoms with Crippen molar-refractivity contribution in [2.24, 2.45) is 0 Å². The van der Waals surface area contributed by atoms with Crippen molar-refractivity contribution in [3.8, 4) is 5.69 Å². The molecular weight excluding hydrogens is 346 g/mol. The average Bonchev–Trinajstić information content (AvgIpc) is 2.94. The maximum atomic E-state index is 12.3. The number of tetrazole rings is 1. The second-order valence-corrected chi connectivity index (χ2v) is 5.57. The lowest BCUT2D eigenvalue weighted by Gasteiger charge is -2.08. The highest BCUT2D eigenvalue weighted by molar-refractivity contribution is 9.10. The lowest BCUT2D eigenvalue weighted by molar-refractivity contribution is 0.102. The summed E-state index contributed by atoms with van der Waals surface area (Å²) in [6, 6.07) is 14.6. The summed E-state index contributed by atoms with van der Waals surface area (Å²) in [6.45, 7) is 1.81. The van der Waals surface area contributed by atoms with Gasteiger partial charge in [-0.1, -0.05) is 28.1 Å². The molecule has 0 aliphatic heterocycles. The van der Waals surface area contributed by atoms with Crippen molar-refractivity contribution in [1.82, 2.24) is 20.2 Å². The van der Waals surface area contributed by atoms with Gasteiger partial charge in [0.25, 0.3) is 5.91 Å². The first-order valence-electron chi connectivity index (χ1n) is 6.56. The normalized spacial score (nSPS) is 10.5. The average molecular weight is 358 g/mol. The molecule has 0 atom stereocenters. The molecule has 22 heavy (non-hydrogen) atoms. The fourth-order valence-electron chi connectivity index (χ4n) is 2.02. The molecule has 2 aromatic carbocycles. The summed E-state index contributed by atoms with van der Waals surface area (Å²) in [4.78, 5) is 12.3. The highest BCUT2D eigenvalue weighted by Crippen LogP contribution is 2.17. The van der Waals surface area contributed by atoms with Gasteiger partial charge in [-0.2, -0.15) is 4.68 Å². The van der Waals surface area contributed by atoms with E-state index in [4.69, 9.17) is 0 Å².